The molecule has 2 bridgehead atoms. The highest BCUT2D eigenvalue weighted by Crippen LogP contribution is 2.72. The van der Waals surface area contributed by atoms with Crippen molar-refractivity contribution in [2.45, 2.75) is 41.3 Å². The summed E-state index contributed by atoms with van der Waals surface area (Å²) in [7, 11) is 1.59. The first-order valence-corrected chi connectivity index (χ1v) is 16.8. The van der Waals surface area contributed by atoms with Crippen molar-refractivity contribution in [3.63, 3.8) is 0 Å². The van der Waals surface area contributed by atoms with E-state index < -0.39 is 33.4 Å². The number of methoxy groups -OCH3 is 1. The van der Waals surface area contributed by atoms with Crippen molar-refractivity contribution < 1.29 is 24.2 Å². The number of nitrogens with zero attached hydrogens (tertiary/aromatic N) is 3. The summed E-state index contributed by atoms with van der Waals surface area (Å²) in [5, 5.41) is 10.9. The van der Waals surface area contributed by atoms with Crippen LogP contribution in [0.4, 0.5) is 11.4 Å². The lowest BCUT2D eigenvalue weighted by Gasteiger charge is -2.39. The van der Waals surface area contributed by atoms with Gasteiger partial charge in [-0.3, -0.25) is 14.4 Å². The molecular formula is C38H41N3O5S. The van der Waals surface area contributed by atoms with E-state index in [1.807, 2.05) is 72.8 Å². The van der Waals surface area contributed by atoms with Gasteiger partial charge in [-0.2, -0.15) is 0 Å². The Bertz CT molecular complexity index is 1650. The molecule has 8 nitrogen and oxygen atoms in total. The molecule has 1 N–H and O–H groups in total. The fourth-order valence-corrected chi connectivity index (χ4v) is 10.3. The fraction of sp³-hybridized carbons (Fsp3) is 0.342. The van der Waals surface area contributed by atoms with Crippen molar-refractivity contribution in [1.29, 1.82) is 0 Å². The van der Waals surface area contributed by atoms with Gasteiger partial charge in [-0.15, -0.1) is 24.9 Å². The zero-order valence-electron chi connectivity index (χ0n) is 26.8. The Balaban J connectivity index is 1.49. The van der Waals surface area contributed by atoms with Crippen LogP contribution in [0.1, 0.15) is 31.4 Å². The summed E-state index contributed by atoms with van der Waals surface area (Å²) in [5.41, 5.74) is 2.09. The lowest BCUT2D eigenvalue weighted by molar-refractivity contribution is -0.142. The summed E-state index contributed by atoms with van der Waals surface area (Å²) >= 11 is 1.61. The second-order valence-electron chi connectivity index (χ2n) is 12.6. The van der Waals surface area contributed by atoms with Crippen molar-refractivity contribution >= 4 is 40.9 Å². The molecule has 3 aliphatic heterocycles. The molecule has 0 aromatic heterocycles. The van der Waals surface area contributed by atoms with Crippen molar-refractivity contribution in [3.8, 4) is 5.75 Å². The number of amides is 3. The maximum Gasteiger partial charge on any atom is 0.251 e. The minimum absolute atomic E-state index is 0.155. The number of anilines is 2. The molecule has 3 aromatic rings. The normalized spacial score (nSPS) is 26.4. The molecule has 3 amide bonds. The van der Waals surface area contributed by atoms with Gasteiger partial charge in [-0.1, -0.05) is 60.7 Å². The number of aliphatic hydroxyl groups excluding tert-OH is 1. The minimum Gasteiger partial charge on any atom is -0.497 e. The number of aliphatic hydroxyl groups is 1. The van der Waals surface area contributed by atoms with Crippen LogP contribution in [0, 0.1) is 11.8 Å². The van der Waals surface area contributed by atoms with Gasteiger partial charge in [-0.05, 0) is 61.7 Å². The summed E-state index contributed by atoms with van der Waals surface area (Å²) in [4.78, 5) is 49.8. The molecule has 3 saturated heterocycles. The van der Waals surface area contributed by atoms with Gasteiger partial charge in [0.1, 0.15) is 11.8 Å². The highest BCUT2D eigenvalue weighted by molar-refractivity contribution is 8.02. The zero-order valence-corrected chi connectivity index (χ0v) is 27.6. The fourth-order valence-electron chi connectivity index (χ4n) is 7.97. The van der Waals surface area contributed by atoms with E-state index >= 15 is 9.59 Å². The minimum atomic E-state index is -0.936. The summed E-state index contributed by atoms with van der Waals surface area (Å²) < 4.78 is 3.91. The molecule has 1 spiro atoms. The van der Waals surface area contributed by atoms with E-state index in [-0.39, 0.29) is 37.4 Å². The Morgan fingerprint density at radius 2 is 1.51 bits per heavy atom. The van der Waals surface area contributed by atoms with Crippen LogP contribution >= 0.6 is 11.8 Å². The highest BCUT2D eigenvalue weighted by atomic mass is 32.2. The third-order valence-electron chi connectivity index (χ3n) is 10.0. The van der Waals surface area contributed by atoms with E-state index in [4.69, 9.17) is 4.74 Å². The van der Waals surface area contributed by atoms with Crippen LogP contribution in [-0.4, -0.2) is 70.1 Å². The van der Waals surface area contributed by atoms with Gasteiger partial charge in [0, 0.05) is 29.2 Å². The Labute approximate surface area is 280 Å². The highest BCUT2D eigenvalue weighted by Gasteiger charge is 2.78. The van der Waals surface area contributed by atoms with Crippen LogP contribution in [0.3, 0.4) is 0 Å². The lowest BCUT2D eigenvalue weighted by Crippen LogP contribution is -2.56. The van der Waals surface area contributed by atoms with E-state index in [2.05, 4.69) is 20.1 Å². The van der Waals surface area contributed by atoms with Gasteiger partial charge in [0.25, 0.3) is 5.91 Å². The number of thioether (sulfide) groups is 1. The number of para-hydroxylation sites is 1. The van der Waals surface area contributed by atoms with Gasteiger partial charge in [0.05, 0.1) is 36.3 Å². The van der Waals surface area contributed by atoms with E-state index in [9.17, 15) is 9.90 Å². The van der Waals surface area contributed by atoms with Crippen molar-refractivity contribution in [1.82, 2.24) is 4.90 Å². The first-order valence-electron chi connectivity index (χ1n) is 16.0. The number of rotatable bonds is 12. The molecule has 0 aliphatic carbocycles. The Morgan fingerprint density at radius 1 is 0.936 bits per heavy atom. The number of carbonyl (C=O) groups is 3. The van der Waals surface area contributed by atoms with Crippen LogP contribution in [0.5, 0.6) is 5.75 Å². The average molecular weight is 652 g/mol. The maximum atomic E-state index is 15.1. The molecule has 6 atom stereocenters. The average Bonchev–Trinajstić information content (AvgIpc) is 3.67. The summed E-state index contributed by atoms with van der Waals surface area (Å²) in [6.45, 7) is 10.0. The molecular weight excluding hydrogens is 611 g/mol. The van der Waals surface area contributed by atoms with E-state index in [0.717, 1.165) is 11.3 Å². The Kier molecular flexibility index (Phi) is 9.05. The third kappa shape index (κ3) is 5.35. The first-order chi connectivity index (χ1) is 22.7. The van der Waals surface area contributed by atoms with Crippen molar-refractivity contribution in [2.75, 3.05) is 36.6 Å². The topological polar surface area (TPSA) is 90.4 Å². The number of benzene rings is 3. The molecule has 3 aromatic carbocycles. The smallest absolute Gasteiger partial charge is 0.251 e. The van der Waals surface area contributed by atoms with Crippen LogP contribution in [0.15, 0.2) is 110 Å². The third-order valence-corrected chi connectivity index (χ3v) is 12.0. The molecule has 2 unspecified atom stereocenters. The monoisotopic (exact) mass is 651 g/mol. The largest absolute Gasteiger partial charge is 0.497 e. The quantitative estimate of drug-likeness (QED) is 0.255. The zero-order chi connectivity index (χ0) is 33.3. The standard InChI is InChI=1S/C38H41N3O5S/c1-5-23-39(27-15-11-8-12-16-27)34(43)31-32-35(44)41(30(25-42)26-13-9-7-10-14-26)33(38(32)22-21-37(31,3)47-38)36(45)40(24-6-2)28-17-19-29(46-4)20-18-28/h5-20,30-33,42H,1-2,21-25H2,3-4H3/t30-,31-,32+,33?,37+,38?/m1/s1. The van der Waals surface area contributed by atoms with Gasteiger partial charge < -0.3 is 24.5 Å². The van der Waals surface area contributed by atoms with Gasteiger partial charge in [0.2, 0.25) is 11.8 Å². The molecule has 3 aliphatic rings. The molecule has 244 valence electrons. The van der Waals surface area contributed by atoms with E-state index in [1.165, 1.54) is 0 Å². The number of carbonyl (C=O) groups excluding carboxylic acids is 3. The first kappa shape index (κ1) is 32.6. The van der Waals surface area contributed by atoms with Crippen LogP contribution in [-0.2, 0) is 14.4 Å². The van der Waals surface area contributed by atoms with Crippen molar-refractivity contribution in [3.05, 3.63) is 116 Å². The van der Waals surface area contributed by atoms with Crippen LogP contribution in [0.2, 0.25) is 0 Å². The predicted octanol–water partition coefficient (Wildman–Crippen LogP) is 5.65. The number of ether oxygens (including phenoxy) is 1. The van der Waals surface area contributed by atoms with Gasteiger partial charge in [-0.25, -0.2) is 0 Å². The molecule has 3 heterocycles. The Morgan fingerprint density at radius 3 is 2.09 bits per heavy atom. The SMILES string of the molecule is C=CCN(C(=O)C1N([C@H](CO)c2ccccc2)C(=O)[C@@H]2[C@H](C(=O)N(CC=C)c3ccccc3)[C@]3(C)CCC12S3)c1ccc(OC)cc1. The second kappa shape index (κ2) is 13.0. The Hall–Kier alpha value is -4.34. The second-order valence-corrected chi connectivity index (χ2v) is 14.5. The van der Waals surface area contributed by atoms with Crippen LogP contribution < -0.4 is 14.5 Å². The summed E-state index contributed by atoms with van der Waals surface area (Å²) in [6.07, 6.45) is 4.62. The number of hydrogen-bond donors (Lipinski definition) is 1. The molecule has 6 rings (SSSR count). The number of fused-ring (bicyclic) bond motifs is 1. The van der Waals surface area contributed by atoms with E-state index in [0.29, 0.717) is 24.3 Å². The molecule has 3 fully saturated rings. The number of hydrogen-bond acceptors (Lipinski definition) is 6. The van der Waals surface area contributed by atoms with Crippen LogP contribution in [0.25, 0.3) is 0 Å². The molecule has 9 heteroatoms. The number of likely N-dealkylation sites (tertiary alicyclic amines) is 1. The molecule has 0 saturated carbocycles. The van der Waals surface area contributed by atoms with Gasteiger partial charge >= 0.3 is 0 Å². The van der Waals surface area contributed by atoms with Gasteiger partial charge in [0.15, 0.2) is 0 Å². The van der Waals surface area contributed by atoms with E-state index in [1.54, 1.807) is 57.9 Å². The molecule has 47 heavy (non-hydrogen) atoms. The maximum absolute atomic E-state index is 15.1. The van der Waals surface area contributed by atoms with Crippen molar-refractivity contribution in [2.24, 2.45) is 11.8 Å². The summed E-state index contributed by atoms with van der Waals surface area (Å²) in [5.74, 6) is -1.49. The molecule has 0 radical (unpaired) electrons. The lowest BCUT2D eigenvalue weighted by atomic mass is 9.66. The predicted molar refractivity (Wildman–Crippen MR) is 186 cm³/mol. The summed E-state index contributed by atoms with van der Waals surface area (Å²) in [6, 6.07) is 24.3.